The first-order valence-electron chi connectivity index (χ1n) is 10.9. The van der Waals surface area contributed by atoms with Gasteiger partial charge in [0.25, 0.3) is 0 Å². The highest BCUT2D eigenvalue weighted by molar-refractivity contribution is 6.04. The number of para-hydroxylation sites is 1. The molecule has 0 saturated carbocycles. The molecule has 0 aromatic heterocycles. The summed E-state index contributed by atoms with van der Waals surface area (Å²) in [4.78, 5) is 12.7. The Kier molecular flexibility index (Phi) is 8.83. The molecular formula is C28H29NO7. The van der Waals surface area contributed by atoms with Crippen molar-refractivity contribution in [3.63, 3.8) is 0 Å². The van der Waals surface area contributed by atoms with Gasteiger partial charge in [0, 0.05) is 11.6 Å². The first kappa shape index (κ1) is 26.0. The van der Waals surface area contributed by atoms with E-state index >= 15 is 0 Å². The van der Waals surface area contributed by atoms with Gasteiger partial charge in [-0.15, -0.1) is 0 Å². The molecule has 0 radical (unpaired) electrons. The smallest absolute Gasteiger partial charge is 0.248 e. The van der Waals surface area contributed by atoms with Crippen molar-refractivity contribution in [1.29, 1.82) is 0 Å². The molecule has 0 spiro atoms. The van der Waals surface area contributed by atoms with Crippen LogP contribution >= 0.6 is 0 Å². The van der Waals surface area contributed by atoms with Gasteiger partial charge in [-0.2, -0.15) is 0 Å². The Labute approximate surface area is 210 Å². The van der Waals surface area contributed by atoms with Gasteiger partial charge in [0.1, 0.15) is 5.75 Å². The zero-order valence-electron chi connectivity index (χ0n) is 20.8. The number of hydrogen-bond donors (Lipinski definition) is 2. The third-order valence-electron chi connectivity index (χ3n) is 5.30. The molecular weight excluding hydrogens is 462 g/mol. The van der Waals surface area contributed by atoms with Crippen LogP contribution in [0.4, 0.5) is 5.69 Å². The maximum Gasteiger partial charge on any atom is 0.248 e. The Balaban J connectivity index is 1.88. The van der Waals surface area contributed by atoms with E-state index in [1.165, 1.54) is 26.4 Å². The van der Waals surface area contributed by atoms with E-state index in [0.29, 0.717) is 40.0 Å². The highest BCUT2D eigenvalue weighted by atomic mass is 16.5. The molecule has 8 heteroatoms. The third-order valence-corrected chi connectivity index (χ3v) is 5.30. The largest absolute Gasteiger partial charge is 0.504 e. The number of carbonyl (C=O) groups is 1. The minimum atomic E-state index is -0.353. The standard InChI is InChI=1S/C28H29NO7/c1-32-22-8-6-7-20(12-9-19-16-24(34-3)28(36-5)25(17-19)35-4)27(22)29-26(31)14-11-18-10-13-21(30)23(15-18)33-2/h6-17,30H,1-5H3,(H,29,31)/b12-9+,14-11+. The molecule has 0 heterocycles. The van der Waals surface area contributed by atoms with Crippen LogP contribution in [-0.4, -0.2) is 46.6 Å². The highest BCUT2D eigenvalue weighted by Gasteiger charge is 2.13. The van der Waals surface area contributed by atoms with Gasteiger partial charge in [0.05, 0.1) is 41.2 Å². The van der Waals surface area contributed by atoms with Crippen molar-refractivity contribution in [2.24, 2.45) is 0 Å². The second-order valence-electron chi connectivity index (χ2n) is 7.47. The number of ether oxygens (including phenoxy) is 5. The van der Waals surface area contributed by atoms with Crippen molar-refractivity contribution in [2.45, 2.75) is 0 Å². The molecule has 36 heavy (non-hydrogen) atoms. The number of phenols is 1. The van der Waals surface area contributed by atoms with E-state index in [9.17, 15) is 9.90 Å². The molecule has 3 aromatic carbocycles. The quantitative estimate of drug-likeness (QED) is 0.295. The average molecular weight is 492 g/mol. The summed E-state index contributed by atoms with van der Waals surface area (Å²) in [6.07, 6.45) is 6.74. The Morgan fingerprint density at radius 1 is 0.722 bits per heavy atom. The number of aromatic hydroxyl groups is 1. The van der Waals surface area contributed by atoms with Gasteiger partial charge < -0.3 is 34.1 Å². The lowest BCUT2D eigenvalue weighted by molar-refractivity contribution is -0.111. The molecule has 0 aliphatic heterocycles. The maximum atomic E-state index is 12.7. The van der Waals surface area contributed by atoms with E-state index in [1.807, 2.05) is 36.4 Å². The Morgan fingerprint density at radius 3 is 1.97 bits per heavy atom. The number of phenolic OH excluding ortho intramolecular Hbond substituents is 1. The number of nitrogens with one attached hydrogen (secondary N) is 1. The molecule has 0 bridgehead atoms. The van der Waals surface area contributed by atoms with Gasteiger partial charge in [-0.25, -0.2) is 0 Å². The second-order valence-corrected chi connectivity index (χ2v) is 7.47. The maximum absolute atomic E-state index is 12.7. The van der Waals surface area contributed by atoms with Crippen LogP contribution in [0.25, 0.3) is 18.2 Å². The van der Waals surface area contributed by atoms with E-state index in [4.69, 9.17) is 23.7 Å². The van der Waals surface area contributed by atoms with Gasteiger partial charge >= 0.3 is 0 Å². The summed E-state index contributed by atoms with van der Waals surface area (Å²) >= 11 is 0. The number of carbonyl (C=O) groups excluding carboxylic acids is 1. The van der Waals surface area contributed by atoms with Crippen LogP contribution in [0.15, 0.2) is 54.6 Å². The van der Waals surface area contributed by atoms with Gasteiger partial charge in [0.2, 0.25) is 11.7 Å². The van der Waals surface area contributed by atoms with Crippen LogP contribution in [0.5, 0.6) is 34.5 Å². The van der Waals surface area contributed by atoms with Crippen molar-refractivity contribution in [2.75, 3.05) is 40.9 Å². The number of amides is 1. The minimum absolute atomic E-state index is 0.0247. The van der Waals surface area contributed by atoms with Crippen LogP contribution < -0.4 is 29.0 Å². The molecule has 3 rings (SSSR count). The van der Waals surface area contributed by atoms with Crippen molar-refractivity contribution in [3.05, 3.63) is 71.3 Å². The lowest BCUT2D eigenvalue weighted by Gasteiger charge is -2.13. The average Bonchev–Trinajstić information content (AvgIpc) is 2.91. The van der Waals surface area contributed by atoms with Crippen molar-refractivity contribution in [1.82, 2.24) is 0 Å². The zero-order chi connectivity index (χ0) is 26.1. The summed E-state index contributed by atoms with van der Waals surface area (Å²) < 4.78 is 26.8. The molecule has 0 aliphatic rings. The monoisotopic (exact) mass is 491 g/mol. The summed E-state index contributed by atoms with van der Waals surface area (Å²) in [5, 5.41) is 12.6. The van der Waals surface area contributed by atoms with E-state index < -0.39 is 0 Å². The molecule has 8 nitrogen and oxygen atoms in total. The fourth-order valence-electron chi connectivity index (χ4n) is 3.51. The van der Waals surface area contributed by atoms with E-state index in [2.05, 4.69) is 5.32 Å². The van der Waals surface area contributed by atoms with Crippen molar-refractivity contribution >= 4 is 29.8 Å². The summed E-state index contributed by atoms with van der Waals surface area (Å²) in [6, 6.07) is 13.9. The number of hydrogen-bond acceptors (Lipinski definition) is 7. The van der Waals surface area contributed by atoms with Crippen molar-refractivity contribution < 1.29 is 33.6 Å². The second kappa shape index (κ2) is 12.2. The SMILES string of the molecule is COc1cc(/C=C/C(=O)Nc2c(/C=C/c3cc(OC)c(OC)c(OC)c3)cccc2OC)ccc1O. The molecule has 0 unspecified atom stereocenters. The summed E-state index contributed by atoms with van der Waals surface area (Å²) in [5.41, 5.74) is 2.76. The predicted molar refractivity (Wildman–Crippen MR) is 140 cm³/mol. The lowest BCUT2D eigenvalue weighted by Crippen LogP contribution is -2.10. The number of methoxy groups -OCH3 is 5. The van der Waals surface area contributed by atoms with Crippen LogP contribution in [0.3, 0.4) is 0 Å². The first-order chi connectivity index (χ1) is 17.4. The summed E-state index contributed by atoms with van der Waals surface area (Å²) in [6.45, 7) is 0. The minimum Gasteiger partial charge on any atom is -0.504 e. The zero-order valence-corrected chi connectivity index (χ0v) is 20.8. The van der Waals surface area contributed by atoms with Crippen LogP contribution in [0, 0.1) is 0 Å². The van der Waals surface area contributed by atoms with Crippen LogP contribution in [-0.2, 0) is 4.79 Å². The fraction of sp³-hybridized carbons (Fsp3) is 0.179. The third kappa shape index (κ3) is 6.09. The first-order valence-corrected chi connectivity index (χ1v) is 10.9. The molecule has 1 amide bonds. The highest BCUT2D eigenvalue weighted by Crippen LogP contribution is 2.39. The number of rotatable bonds is 10. The van der Waals surface area contributed by atoms with Crippen LogP contribution in [0.1, 0.15) is 16.7 Å². The Bertz CT molecular complexity index is 1260. The fourth-order valence-corrected chi connectivity index (χ4v) is 3.51. The van der Waals surface area contributed by atoms with Crippen molar-refractivity contribution in [3.8, 4) is 34.5 Å². The molecule has 0 atom stereocenters. The molecule has 0 fully saturated rings. The number of anilines is 1. The van der Waals surface area contributed by atoms with E-state index in [0.717, 1.165) is 11.1 Å². The molecule has 0 saturated heterocycles. The van der Waals surface area contributed by atoms with Gasteiger partial charge in [-0.1, -0.05) is 30.4 Å². The van der Waals surface area contributed by atoms with Crippen LogP contribution in [0.2, 0.25) is 0 Å². The summed E-state index contributed by atoms with van der Waals surface area (Å²) in [7, 11) is 7.67. The molecule has 0 aliphatic carbocycles. The Morgan fingerprint density at radius 2 is 1.36 bits per heavy atom. The normalized spacial score (nSPS) is 10.9. The molecule has 188 valence electrons. The predicted octanol–water partition coefficient (Wildman–Crippen LogP) is 5.26. The van der Waals surface area contributed by atoms with Gasteiger partial charge in [0.15, 0.2) is 23.0 Å². The van der Waals surface area contributed by atoms with E-state index in [1.54, 1.807) is 45.6 Å². The molecule has 3 aromatic rings. The molecule has 2 N–H and O–H groups in total. The topological polar surface area (TPSA) is 95.5 Å². The lowest BCUT2D eigenvalue weighted by atomic mass is 10.1. The Hall–Kier alpha value is -4.59. The number of benzene rings is 3. The summed E-state index contributed by atoms with van der Waals surface area (Å²) in [5.74, 6) is 2.07. The van der Waals surface area contributed by atoms with E-state index in [-0.39, 0.29) is 11.7 Å². The van der Waals surface area contributed by atoms with Gasteiger partial charge in [-0.05, 0) is 47.5 Å². The van der Waals surface area contributed by atoms with Gasteiger partial charge in [-0.3, -0.25) is 4.79 Å².